The summed E-state index contributed by atoms with van der Waals surface area (Å²) in [7, 11) is 0. The van der Waals surface area contributed by atoms with Gasteiger partial charge in [-0.05, 0) is 55.4 Å². The van der Waals surface area contributed by atoms with Gasteiger partial charge in [0.2, 0.25) is 11.8 Å². The fourth-order valence-electron chi connectivity index (χ4n) is 6.38. The van der Waals surface area contributed by atoms with Gasteiger partial charge in [-0.25, -0.2) is 9.97 Å². The summed E-state index contributed by atoms with van der Waals surface area (Å²) in [6.45, 7) is 5.13. The van der Waals surface area contributed by atoms with E-state index < -0.39 is 0 Å². The summed E-state index contributed by atoms with van der Waals surface area (Å²) in [5.41, 5.74) is 3.24. The molecule has 1 N–H and O–H groups in total. The quantitative estimate of drug-likeness (QED) is 0.493. The number of carbonyl (C=O) groups excluding carboxylic acids is 3. The zero-order valence-electron chi connectivity index (χ0n) is 22.4. The molecule has 2 amide bonds. The Labute approximate surface area is 241 Å². The number of thioether (sulfide) groups is 1. The minimum atomic E-state index is -0.0195. The number of likely N-dealkylation sites (tertiary alicyclic amines) is 1. The highest BCUT2D eigenvalue weighted by Gasteiger charge is 2.33. The number of aryl methyl sites for hydroxylation is 1. The van der Waals surface area contributed by atoms with Gasteiger partial charge in [0.15, 0.2) is 5.12 Å². The van der Waals surface area contributed by atoms with Crippen LogP contribution in [0, 0.1) is 5.92 Å². The van der Waals surface area contributed by atoms with Crippen LogP contribution in [0.4, 0.5) is 11.5 Å². The molecule has 1 unspecified atom stereocenters. The van der Waals surface area contributed by atoms with Crippen molar-refractivity contribution in [1.82, 2.24) is 24.7 Å². The van der Waals surface area contributed by atoms with Gasteiger partial charge in [-0.2, -0.15) is 0 Å². The van der Waals surface area contributed by atoms with Crippen LogP contribution in [0.15, 0.2) is 29.4 Å². The van der Waals surface area contributed by atoms with E-state index in [9.17, 15) is 14.4 Å². The van der Waals surface area contributed by atoms with Crippen LogP contribution in [-0.4, -0.2) is 87.4 Å². The predicted molar refractivity (Wildman–Crippen MR) is 156 cm³/mol. The molecule has 3 aliphatic heterocycles. The Morgan fingerprint density at radius 2 is 1.85 bits per heavy atom. The van der Waals surface area contributed by atoms with Crippen molar-refractivity contribution in [2.75, 3.05) is 51.1 Å². The van der Waals surface area contributed by atoms with Gasteiger partial charge >= 0.3 is 0 Å². The Bertz CT molecular complexity index is 1490. The summed E-state index contributed by atoms with van der Waals surface area (Å²) in [5.74, 6) is 1.22. The molecule has 2 aromatic heterocycles. The summed E-state index contributed by atoms with van der Waals surface area (Å²) in [6, 6.07) is 6.04. The highest BCUT2D eigenvalue weighted by molar-refractivity contribution is 8.14. The van der Waals surface area contributed by atoms with Gasteiger partial charge in [0.05, 0.1) is 11.9 Å². The van der Waals surface area contributed by atoms with E-state index >= 15 is 0 Å². The molecule has 208 valence electrons. The number of hydrogen-bond acceptors (Lipinski definition) is 9. The molecule has 3 aromatic rings. The Kier molecular flexibility index (Phi) is 6.97. The number of amides is 2. The standard InChI is InChI=1S/C29H32N6O3S2/c36-24(34-7-1-2-8-34)16-33-9-11-35(12-10-33)29(38)19-4-6-21-23(13-19)40-28-26(21)27(30-17-31-28)32-20-5-3-18-14-25(37)39-22(18)15-20/h3,5,15,17,19H,1-2,4,6-14,16H2,(H,30,31,32). The zero-order valence-corrected chi connectivity index (χ0v) is 24.0. The van der Waals surface area contributed by atoms with Crippen molar-refractivity contribution in [3.63, 3.8) is 0 Å². The number of fused-ring (bicyclic) bond motifs is 4. The molecule has 0 saturated carbocycles. The van der Waals surface area contributed by atoms with Gasteiger partial charge < -0.3 is 15.1 Å². The van der Waals surface area contributed by atoms with Crippen molar-refractivity contribution in [2.45, 2.75) is 43.4 Å². The van der Waals surface area contributed by atoms with E-state index in [2.05, 4.69) is 20.2 Å². The summed E-state index contributed by atoms with van der Waals surface area (Å²) in [5, 5.41) is 4.71. The molecule has 1 aliphatic carbocycles. The average molecular weight is 577 g/mol. The Morgan fingerprint density at radius 1 is 1.02 bits per heavy atom. The third-order valence-corrected chi connectivity index (χ3v) is 10.7. The van der Waals surface area contributed by atoms with E-state index in [1.54, 1.807) is 17.7 Å². The Hall–Kier alpha value is -3.02. The number of anilines is 2. The Morgan fingerprint density at radius 3 is 2.67 bits per heavy atom. The number of carbonyl (C=O) groups is 3. The van der Waals surface area contributed by atoms with Crippen molar-refractivity contribution in [3.05, 3.63) is 40.5 Å². The molecule has 1 aromatic carbocycles. The van der Waals surface area contributed by atoms with Gasteiger partial charge in [-0.15, -0.1) is 11.3 Å². The van der Waals surface area contributed by atoms with Crippen LogP contribution >= 0.6 is 23.1 Å². The van der Waals surface area contributed by atoms with Crippen molar-refractivity contribution in [1.29, 1.82) is 0 Å². The Balaban J connectivity index is 1.01. The number of nitrogens with one attached hydrogen (secondary N) is 1. The number of benzene rings is 1. The fourth-order valence-corrected chi connectivity index (χ4v) is 8.58. The first-order chi connectivity index (χ1) is 19.5. The SMILES string of the molecule is O=C1Cc2ccc(Nc3ncnc4sc5c(c34)CCC(C(=O)N3CCN(CC(=O)N4CCCC4)CC3)C5)cc2S1. The average Bonchev–Trinajstić information content (AvgIpc) is 3.71. The maximum atomic E-state index is 13.5. The van der Waals surface area contributed by atoms with Crippen LogP contribution in [0.3, 0.4) is 0 Å². The lowest BCUT2D eigenvalue weighted by molar-refractivity contribution is -0.138. The van der Waals surface area contributed by atoms with Crippen LogP contribution in [-0.2, 0) is 33.6 Å². The normalized spacial score (nSPS) is 21.1. The molecular weight excluding hydrogens is 544 g/mol. The number of hydrogen-bond donors (Lipinski definition) is 1. The van der Waals surface area contributed by atoms with Crippen LogP contribution in [0.25, 0.3) is 10.2 Å². The van der Waals surface area contributed by atoms with Crippen LogP contribution in [0.2, 0.25) is 0 Å². The van der Waals surface area contributed by atoms with Crippen LogP contribution < -0.4 is 5.32 Å². The predicted octanol–water partition coefficient (Wildman–Crippen LogP) is 3.48. The van der Waals surface area contributed by atoms with Crippen molar-refractivity contribution in [2.24, 2.45) is 5.92 Å². The number of thiophene rings is 1. The van der Waals surface area contributed by atoms with Gasteiger partial charge in [0.25, 0.3) is 0 Å². The van der Waals surface area contributed by atoms with E-state index in [4.69, 9.17) is 0 Å². The number of aromatic nitrogens is 2. The van der Waals surface area contributed by atoms with Crippen LogP contribution in [0.1, 0.15) is 35.3 Å². The molecule has 0 bridgehead atoms. The van der Waals surface area contributed by atoms with E-state index in [0.29, 0.717) is 26.1 Å². The molecule has 2 fully saturated rings. The molecule has 0 radical (unpaired) electrons. The number of nitrogens with zero attached hydrogens (tertiary/aromatic N) is 5. The van der Waals surface area contributed by atoms with E-state index in [1.165, 1.54) is 22.2 Å². The van der Waals surface area contributed by atoms with E-state index in [0.717, 1.165) is 90.5 Å². The molecule has 11 heteroatoms. The smallest absolute Gasteiger partial charge is 0.236 e. The van der Waals surface area contributed by atoms with E-state index in [-0.39, 0.29) is 22.8 Å². The number of piperazine rings is 1. The molecule has 9 nitrogen and oxygen atoms in total. The minimum Gasteiger partial charge on any atom is -0.342 e. The minimum absolute atomic E-state index is 0.0195. The van der Waals surface area contributed by atoms with Crippen molar-refractivity contribution >= 4 is 61.8 Å². The second-order valence-corrected chi connectivity index (χ2v) is 13.3. The molecule has 5 heterocycles. The number of rotatable bonds is 5. The summed E-state index contributed by atoms with van der Waals surface area (Å²) >= 11 is 2.97. The lowest BCUT2D eigenvalue weighted by Gasteiger charge is -2.37. The molecular formula is C29H32N6O3S2. The van der Waals surface area contributed by atoms with Crippen LogP contribution in [0.5, 0.6) is 0 Å². The molecule has 7 rings (SSSR count). The lowest BCUT2D eigenvalue weighted by atomic mass is 9.86. The third-order valence-electron chi connectivity index (χ3n) is 8.58. The fraction of sp³-hybridized carbons (Fsp3) is 0.483. The second-order valence-electron chi connectivity index (χ2n) is 11.1. The summed E-state index contributed by atoms with van der Waals surface area (Å²) in [6.07, 6.45) is 6.68. The highest BCUT2D eigenvalue weighted by Crippen LogP contribution is 2.41. The molecule has 2 saturated heterocycles. The first-order valence-corrected chi connectivity index (χ1v) is 15.8. The maximum absolute atomic E-state index is 13.5. The zero-order chi connectivity index (χ0) is 27.2. The lowest BCUT2D eigenvalue weighted by Crippen LogP contribution is -2.52. The molecule has 0 spiro atoms. The van der Waals surface area contributed by atoms with Gasteiger partial charge in [-0.1, -0.05) is 17.8 Å². The molecule has 4 aliphatic rings. The topological polar surface area (TPSA) is 98.7 Å². The largest absolute Gasteiger partial charge is 0.342 e. The van der Waals surface area contributed by atoms with Crippen molar-refractivity contribution < 1.29 is 14.4 Å². The third kappa shape index (κ3) is 4.99. The summed E-state index contributed by atoms with van der Waals surface area (Å²) < 4.78 is 0. The van der Waals surface area contributed by atoms with E-state index in [1.807, 2.05) is 28.0 Å². The first-order valence-electron chi connectivity index (χ1n) is 14.2. The maximum Gasteiger partial charge on any atom is 0.236 e. The second kappa shape index (κ2) is 10.8. The monoisotopic (exact) mass is 576 g/mol. The molecule has 40 heavy (non-hydrogen) atoms. The highest BCUT2D eigenvalue weighted by atomic mass is 32.2. The molecule has 1 atom stereocenters. The summed E-state index contributed by atoms with van der Waals surface area (Å²) in [4.78, 5) is 56.4. The van der Waals surface area contributed by atoms with Gasteiger partial charge in [0, 0.05) is 67.1 Å². The van der Waals surface area contributed by atoms with Crippen molar-refractivity contribution in [3.8, 4) is 0 Å². The van der Waals surface area contributed by atoms with Gasteiger partial charge in [0.1, 0.15) is 17.0 Å². The first kappa shape index (κ1) is 25.9. The van der Waals surface area contributed by atoms with Gasteiger partial charge in [-0.3, -0.25) is 19.3 Å².